The molecule has 0 bridgehead atoms. The van der Waals surface area contributed by atoms with E-state index in [1.54, 1.807) is 0 Å². The Labute approximate surface area is 96.8 Å². The number of nitrogens with zero attached hydrogens (tertiary/aromatic N) is 1. The Morgan fingerprint density at radius 2 is 2.07 bits per heavy atom. The van der Waals surface area contributed by atoms with Gasteiger partial charge in [0.1, 0.15) is 5.54 Å². The molecule has 2 fully saturated rings. The average molecular weight is 224 g/mol. The molecule has 1 N–H and O–H groups in total. The van der Waals surface area contributed by atoms with E-state index in [1.807, 2.05) is 11.8 Å². The van der Waals surface area contributed by atoms with E-state index in [0.29, 0.717) is 11.3 Å². The smallest absolute Gasteiger partial charge is 0.117 e. The van der Waals surface area contributed by atoms with Crippen molar-refractivity contribution in [1.82, 2.24) is 5.32 Å². The van der Waals surface area contributed by atoms with Gasteiger partial charge in [0.05, 0.1) is 6.07 Å². The van der Waals surface area contributed by atoms with Gasteiger partial charge in [0, 0.05) is 17.0 Å². The molecule has 0 aromatic carbocycles. The zero-order valence-corrected chi connectivity index (χ0v) is 10.3. The monoisotopic (exact) mass is 224 g/mol. The van der Waals surface area contributed by atoms with Crippen LogP contribution >= 0.6 is 11.8 Å². The highest BCUT2D eigenvalue weighted by atomic mass is 32.2. The number of nitrogens with one attached hydrogen (secondary N) is 1. The van der Waals surface area contributed by atoms with E-state index in [1.165, 1.54) is 32.1 Å². The molecule has 1 saturated carbocycles. The molecule has 1 heterocycles. The molecule has 15 heavy (non-hydrogen) atoms. The zero-order chi connectivity index (χ0) is 10.7. The van der Waals surface area contributed by atoms with E-state index in [4.69, 9.17) is 0 Å². The average Bonchev–Trinajstić information content (AvgIpc) is 2.62. The van der Waals surface area contributed by atoms with Crippen LogP contribution in [0, 0.1) is 11.3 Å². The van der Waals surface area contributed by atoms with Crippen LogP contribution in [-0.2, 0) is 0 Å². The summed E-state index contributed by atoms with van der Waals surface area (Å²) < 4.78 is 0. The molecule has 1 aliphatic heterocycles. The lowest BCUT2D eigenvalue weighted by Gasteiger charge is -2.31. The molecule has 84 valence electrons. The molecule has 2 rings (SSSR count). The molecule has 0 aromatic heterocycles. The van der Waals surface area contributed by atoms with Crippen LogP contribution in [0.3, 0.4) is 0 Å². The van der Waals surface area contributed by atoms with E-state index in [9.17, 15) is 5.26 Å². The van der Waals surface area contributed by atoms with Crippen molar-refractivity contribution in [2.24, 2.45) is 0 Å². The molecule has 1 saturated heterocycles. The number of hydrogen-bond acceptors (Lipinski definition) is 3. The standard InChI is InChI=1S/C12H20N2S/c1-10-7-12(8-13,9-15-10)14-11-5-3-2-4-6-11/h10-11,14H,2-7,9H2,1H3. The highest BCUT2D eigenvalue weighted by molar-refractivity contribution is 8.00. The quantitative estimate of drug-likeness (QED) is 0.783. The van der Waals surface area contributed by atoms with Crippen molar-refractivity contribution in [3.63, 3.8) is 0 Å². The summed E-state index contributed by atoms with van der Waals surface area (Å²) in [5.74, 6) is 0.973. The topological polar surface area (TPSA) is 35.8 Å². The van der Waals surface area contributed by atoms with Gasteiger partial charge in [0.25, 0.3) is 0 Å². The maximum absolute atomic E-state index is 9.34. The van der Waals surface area contributed by atoms with Crippen molar-refractivity contribution in [3.05, 3.63) is 0 Å². The normalized spacial score (nSPS) is 37.7. The van der Waals surface area contributed by atoms with Gasteiger partial charge in [-0.25, -0.2) is 0 Å². The Bertz CT molecular complexity index is 255. The highest BCUT2D eigenvalue weighted by Gasteiger charge is 2.39. The van der Waals surface area contributed by atoms with Gasteiger partial charge in [0.2, 0.25) is 0 Å². The van der Waals surface area contributed by atoms with Crippen LogP contribution in [-0.4, -0.2) is 22.6 Å². The van der Waals surface area contributed by atoms with Gasteiger partial charge in [-0.05, 0) is 19.3 Å². The van der Waals surface area contributed by atoms with E-state index in [0.717, 1.165) is 12.2 Å². The summed E-state index contributed by atoms with van der Waals surface area (Å²) in [6.45, 7) is 2.23. The van der Waals surface area contributed by atoms with Gasteiger partial charge >= 0.3 is 0 Å². The molecule has 0 spiro atoms. The van der Waals surface area contributed by atoms with Crippen molar-refractivity contribution in [2.75, 3.05) is 5.75 Å². The molecule has 3 heteroatoms. The zero-order valence-electron chi connectivity index (χ0n) is 9.46. The maximum atomic E-state index is 9.34. The van der Waals surface area contributed by atoms with Gasteiger partial charge in [0.15, 0.2) is 0 Å². The Morgan fingerprint density at radius 3 is 2.60 bits per heavy atom. The molecule has 2 nitrogen and oxygen atoms in total. The van der Waals surface area contributed by atoms with Gasteiger partial charge in [-0.3, -0.25) is 5.32 Å². The largest absolute Gasteiger partial charge is 0.296 e. The van der Waals surface area contributed by atoms with Crippen molar-refractivity contribution >= 4 is 11.8 Å². The first-order valence-corrected chi connectivity index (χ1v) is 7.09. The van der Waals surface area contributed by atoms with Gasteiger partial charge in [-0.15, -0.1) is 0 Å². The van der Waals surface area contributed by atoms with E-state index >= 15 is 0 Å². The Morgan fingerprint density at radius 1 is 1.33 bits per heavy atom. The van der Waals surface area contributed by atoms with Crippen molar-refractivity contribution < 1.29 is 0 Å². The Kier molecular flexibility index (Phi) is 3.58. The number of rotatable bonds is 2. The Hall–Kier alpha value is -0.200. The van der Waals surface area contributed by atoms with E-state index in [2.05, 4.69) is 18.3 Å². The van der Waals surface area contributed by atoms with Crippen LogP contribution in [0.5, 0.6) is 0 Å². The lowest BCUT2D eigenvalue weighted by atomic mass is 9.90. The predicted molar refractivity (Wildman–Crippen MR) is 64.9 cm³/mol. The fourth-order valence-corrected chi connectivity index (χ4v) is 3.98. The van der Waals surface area contributed by atoms with Gasteiger partial charge in [-0.2, -0.15) is 17.0 Å². The summed E-state index contributed by atoms with van der Waals surface area (Å²) in [5, 5.41) is 13.6. The fourth-order valence-electron chi connectivity index (χ4n) is 2.74. The molecule has 2 unspecified atom stereocenters. The Balaban J connectivity index is 1.93. The molecular formula is C12H20N2S. The van der Waals surface area contributed by atoms with Crippen LogP contribution in [0.4, 0.5) is 0 Å². The third-order valence-corrected chi connectivity index (χ3v) is 4.94. The number of nitriles is 1. The summed E-state index contributed by atoms with van der Waals surface area (Å²) in [6, 6.07) is 3.12. The molecule has 1 aliphatic carbocycles. The minimum absolute atomic E-state index is 0.216. The predicted octanol–water partition coefficient (Wildman–Crippen LogP) is 2.70. The number of thioether (sulfide) groups is 1. The minimum atomic E-state index is -0.216. The lowest BCUT2D eigenvalue weighted by molar-refractivity contribution is 0.306. The molecular weight excluding hydrogens is 204 g/mol. The second-order valence-electron chi connectivity index (χ2n) is 5.00. The van der Waals surface area contributed by atoms with Gasteiger partial charge < -0.3 is 0 Å². The van der Waals surface area contributed by atoms with E-state index < -0.39 is 0 Å². The summed E-state index contributed by atoms with van der Waals surface area (Å²) in [5.41, 5.74) is -0.216. The number of hydrogen-bond donors (Lipinski definition) is 1. The summed E-state index contributed by atoms with van der Waals surface area (Å²) in [7, 11) is 0. The van der Waals surface area contributed by atoms with Crippen LogP contribution in [0.1, 0.15) is 45.4 Å². The van der Waals surface area contributed by atoms with Crippen LogP contribution < -0.4 is 5.32 Å². The second-order valence-corrected chi connectivity index (χ2v) is 6.43. The van der Waals surface area contributed by atoms with Crippen molar-refractivity contribution in [2.45, 2.75) is 62.3 Å². The molecule has 2 atom stereocenters. The third-order valence-electron chi connectivity index (χ3n) is 3.55. The summed E-state index contributed by atoms with van der Waals surface area (Å²) in [4.78, 5) is 0. The minimum Gasteiger partial charge on any atom is -0.296 e. The third kappa shape index (κ3) is 2.68. The second kappa shape index (κ2) is 4.76. The van der Waals surface area contributed by atoms with Gasteiger partial charge in [-0.1, -0.05) is 26.2 Å². The van der Waals surface area contributed by atoms with E-state index in [-0.39, 0.29) is 5.54 Å². The first-order chi connectivity index (χ1) is 7.24. The summed E-state index contributed by atoms with van der Waals surface area (Å²) >= 11 is 1.93. The summed E-state index contributed by atoms with van der Waals surface area (Å²) in [6.07, 6.45) is 7.60. The van der Waals surface area contributed by atoms with Crippen LogP contribution in [0.2, 0.25) is 0 Å². The molecule has 2 aliphatic rings. The first-order valence-electron chi connectivity index (χ1n) is 6.05. The lowest BCUT2D eigenvalue weighted by Crippen LogP contribution is -2.50. The molecule has 0 aromatic rings. The molecule has 0 amide bonds. The SMILES string of the molecule is CC1CC(C#N)(NC2CCCCC2)CS1. The van der Waals surface area contributed by atoms with Crippen molar-refractivity contribution in [3.8, 4) is 6.07 Å². The molecule has 0 radical (unpaired) electrons. The maximum Gasteiger partial charge on any atom is 0.117 e. The first kappa shape index (κ1) is 11.3. The highest BCUT2D eigenvalue weighted by Crippen LogP contribution is 2.35. The van der Waals surface area contributed by atoms with Crippen LogP contribution in [0.25, 0.3) is 0 Å². The van der Waals surface area contributed by atoms with Crippen LogP contribution in [0.15, 0.2) is 0 Å². The fraction of sp³-hybridized carbons (Fsp3) is 0.917. The van der Waals surface area contributed by atoms with Crippen molar-refractivity contribution in [1.29, 1.82) is 5.26 Å².